The number of nitrogens with one attached hydrogen (secondary N) is 1. The van der Waals surface area contributed by atoms with Gasteiger partial charge in [-0.2, -0.15) is 11.8 Å². The van der Waals surface area contributed by atoms with Crippen LogP contribution in [0.3, 0.4) is 0 Å². The van der Waals surface area contributed by atoms with Crippen molar-refractivity contribution in [1.29, 1.82) is 0 Å². The molecule has 0 bridgehead atoms. The molecule has 1 aliphatic heterocycles. The maximum absolute atomic E-state index is 3.59. The summed E-state index contributed by atoms with van der Waals surface area (Å²) in [5.74, 6) is 2.20. The third-order valence-electron chi connectivity index (χ3n) is 4.45. The third kappa shape index (κ3) is 4.14. The second-order valence-electron chi connectivity index (χ2n) is 5.90. The molecule has 2 fully saturated rings. The molecule has 0 aromatic heterocycles. The van der Waals surface area contributed by atoms with E-state index >= 15 is 0 Å². The van der Waals surface area contributed by atoms with Crippen molar-refractivity contribution in [3.63, 3.8) is 0 Å². The van der Waals surface area contributed by atoms with Gasteiger partial charge in [0.05, 0.1) is 0 Å². The minimum absolute atomic E-state index is 0.908. The lowest BCUT2D eigenvalue weighted by Gasteiger charge is -2.24. The van der Waals surface area contributed by atoms with Crippen molar-refractivity contribution in [3.8, 4) is 0 Å². The van der Waals surface area contributed by atoms with E-state index in [-0.39, 0.29) is 0 Å². The van der Waals surface area contributed by atoms with Gasteiger partial charge in [0.15, 0.2) is 0 Å². The molecule has 2 aliphatic rings. The molecule has 106 valence electrons. The molecule has 0 amide bonds. The lowest BCUT2D eigenvalue weighted by Crippen LogP contribution is -2.33. The number of likely N-dealkylation sites (tertiary alicyclic amines) is 1. The Labute approximate surface area is 117 Å². The Morgan fingerprint density at radius 1 is 1.22 bits per heavy atom. The van der Waals surface area contributed by atoms with Crippen LogP contribution in [0.25, 0.3) is 0 Å². The molecule has 1 heterocycles. The minimum atomic E-state index is 0.908. The Morgan fingerprint density at radius 2 is 2.11 bits per heavy atom. The Kier molecular flexibility index (Phi) is 6.33. The van der Waals surface area contributed by atoms with Crippen molar-refractivity contribution in [2.75, 3.05) is 31.9 Å². The molecule has 3 unspecified atom stereocenters. The smallest absolute Gasteiger partial charge is 0.0106 e. The second-order valence-corrected chi connectivity index (χ2v) is 7.48. The van der Waals surface area contributed by atoms with Crippen molar-refractivity contribution < 1.29 is 0 Å². The molecule has 0 aromatic rings. The number of hydrogen-bond donors (Lipinski definition) is 1. The first-order chi connectivity index (χ1) is 8.83. The van der Waals surface area contributed by atoms with Crippen molar-refractivity contribution in [2.24, 2.45) is 5.92 Å². The summed E-state index contributed by atoms with van der Waals surface area (Å²) < 4.78 is 0. The van der Waals surface area contributed by atoms with Crippen LogP contribution in [0.4, 0.5) is 0 Å². The first-order valence-electron chi connectivity index (χ1n) is 7.89. The van der Waals surface area contributed by atoms with Gasteiger partial charge in [-0.1, -0.05) is 13.8 Å². The van der Waals surface area contributed by atoms with Crippen molar-refractivity contribution >= 4 is 11.8 Å². The summed E-state index contributed by atoms with van der Waals surface area (Å²) >= 11 is 2.18. The van der Waals surface area contributed by atoms with Crippen LogP contribution < -0.4 is 5.32 Å². The van der Waals surface area contributed by atoms with E-state index in [1.807, 2.05) is 0 Å². The van der Waals surface area contributed by atoms with Crippen LogP contribution in [0.15, 0.2) is 0 Å². The number of hydrogen-bond acceptors (Lipinski definition) is 3. The van der Waals surface area contributed by atoms with Gasteiger partial charge in [-0.15, -0.1) is 0 Å². The number of nitrogens with zero attached hydrogens (tertiary/aromatic N) is 1. The van der Waals surface area contributed by atoms with Crippen molar-refractivity contribution in [1.82, 2.24) is 10.2 Å². The number of rotatable bonds is 7. The average molecular weight is 270 g/mol. The SMILES string of the molecule is CCCNCC1CCN(C2CCC(SCC)C2)C1. The van der Waals surface area contributed by atoms with Crippen LogP contribution in [0, 0.1) is 5.92 Å². The monoisotopic (exact) mass is 270 g/mol. The normalized spacial score (nSPS) is 33.3. The van der Waals surface area contributed by atoms with Gasteiger partial charge in [0.1, 0.15) is 0 Å². The molecule has 1 saturated heterocycles. The second kappa shape index (κ2) is 7.76. The Bertz CT molecular complexity index is 235. The maximum atomic E-state index is 3.59. The van der Waals surface area contributed by atoms with Gasteiger partial charge in [-0.3, -0.25) is 0 Å². The molecule has 0 spiro atoms. The Morgan fingerprint density at radius 3 is 2.89 bits per heavy atom. The van der Waals surface area contributed by atoms with Gasteiger partial charge < -0.3 is 10.2 Å². The fourth-order valence-electron chi connectivity index (χ4n) is 3.48. The van der Waals surface area contributed by atoms with Gasteiger partial charge in [-0.25, -0.2) is 0 Å². The molecule has 18 heavy (non-hydrogen) atoms. The molecule has 2 nitrogen and oxygen atoms in total. The van der Waals surface area contributed by atoms with Gasteiger partial charge >= 0.3 is 0 Å². The molecule has 0 aromatic carbocycles. The fraction of sp³-hybridized carbons (Fsp3) is 1.00. The highest BCUT2D eigenvalue weighted by Crippen LogP contribution is 2.34. The van der Waals surface area contributed by atoms with Crippen LogP contribution in [0.1, 0.15) is 46.0 Å². The molecule has 1 saturated carbocycles. The highest BCUT2D eigenvalue weighted by atomic mass is 32.2. The standard InChI is InChI=1S/C15H30N2S/c1-3-8-16-11-13-7-9-17(12-13)14-5-6-15(10-14)18-4-2/h13-16H,3-12H2,1-2H3. The maximum Gasteiger partial charge on any atom is 0.0106 e. The van der Waals surface area contributed by atoms with Gasteiger partial charge in [0, 0.05) is 17.8 Å². The first-order valence-corrected chi connectivity index (χ1v) is 8.94. The molecule has 3 atom stereocenters. The molecule has 3 heteroatoms. The van der Waals surface area contributed by atoms with Gasteiger partial charge in [-0.05, 0) is 63.4 Å². The summed E-state index contributed by atoms with van der Waals surface area (Å²) in [6.45, 7) is 9.68. The van der Waals surface area contributed by atoms with Crippen molar-refractivity contribution in [3.05, 3.63) is 0 Å². The zero-order valence-corrected chi connectivity index (χ0v) is 13.0. The van der Waals surface area contributed by atoms with E-state index in [1.165, 1.54) is 64.0 Å². The van der Waals surface area contributed by atoms with Gasteiger partial charge in [0.2, 0.25) is 0 Å². The summed E-state index contributed by atoms with van der Waals surface area (Å²) in [6, 6.07) is 0.908. The summed E-state index contributed by atoms with van der Waals surface area (Å²) in [7, 11) is 0. The largest absolute Gasteiger partial charge is 0.316 e. The van der Waals surface area contributed by atoms with Crippen LogP contribution >= 0.6 is 11.8 Å². The van der Waals surface area contributed by atoms with Crippen LogP contribution in [0.5, 0.6) is 0 Å². The quantitative estimate of drug-likeness (QED) is 0.716. The predicted octanol–water partition coefficient (Wildman–Crippen LogP) is 2.98. The van der Waals surface area contributed by atoms with Crippen molar-refractivity contribution in [2.45, 2.75) is 57.2 Å². The lowest BCUT2D eigenvalue weighted by atomic mass is 10.1. The van der Waals surface area contributed by atoms with Gasteiger partial charge in [0.25, 0.3) is 0 Å². The van der Waals surface area contributed by atoms with Crippen LogP contribution in [-0.4, -0.2) is 48.1 Å². The summed E-state index contributed by atoms with van der Waals surface area (Å²) in [5.41, 5.74) is 0. The lowest BCUT2D eigenvalue weighted by molar-refractivity contribution is 0.237. The minimum Gasteiger partial charge on any atom is -0.316 e. The summed E-state index contributed by atoms with van der Waals surface area (Å²) in [5, 5.41) is 4.54. The zero-order chi connectivity index (χ0) is 12.8. The first kappa shape index (κ1) is 14.7. The zero-order valence-electron chi connectivity index (χ0n) is 12.2. The predicted molar refractivity (Wildman–Crippen MR) is 82.4 cm³/mol. The molecule has 1 aliphatic carbocycles. The van der Waals surface area contributed by atoms with Crippen LogP contribution in [-0.2, 0) is 0 Å². The highest BCUT2D eigenvalue weighted by Gasteiger charge is 2.33. The van der Waals surface area contributed by atoms with E-state index in [0.717, 1.165) is 17.2 Å². The molecule has 1 N–H and O–H groups in total. The summed E-state index contributed by atoms with van der Waals surface area (Å²) in [4.78, 5) is 2.79. The van der Waals surface area contributed by atoms with E-state index < -0.39 is 0 Å². The summed E-state index contributed by atoms with van der Waals surface area (Å²) in [6.07, 6.45) is 7.03. The van der Waals surface area contributed by atoms with E-state index in [2.05, 4.69) is 35.8 Å². The van der Waals surface area contributed by atoms with E-state index in [1.54, 1.807) is 0 Å². The van der Waals surface area contributed by atoms with E-state index in [4.69, 9.17) is 0 Å². The van der Waals surface area contributed by atoms with E-state index in [0.29, 0.717) is 0 Å². The third-order valence-corrected chi connectivity index (χ3v) is 5.69. The molecular formula is C15H30N2S. The Balaban J connectivity index is 1.66. The topological polar surface area (TPSA) is 15.3 Å². The van der Waals surface area contributed by atoms with E-state index in [9.17, 15) is 0 Å². The average Bonchev–Trinajstić information content (AvgIpc) is 2.98. The molecule has 2 rings (SSSR count). The molecule has 0 radical (unpaired) electrons. The number of thioether (sulfide) groups is 1. The molecular weight excluding hydrogens is 240 g/mol. The highest BCUT2D eigenvalue weighted by molar-refractivity contribution is 7.99. The Hall–Kier alpha value is 0.270. The fourth-order valence-corrected chi connectivity index (χ4v) is 4.61. The van der Waals surface area contributed by atoms with Crippen LogP contribution in [0.2, 0.25) is 0 Å².